The van der Waals surface area contributed by atoms with Gasteiger partial charge in [-0.25, -0.2) is 0 Å². The highest BCUT2D eigenvalue weighted by molar-refractivity contribution is 6.43. The average molecular weight is 316 g/mol. The molecule has 1 aliphatic heterocycles. The number of piperidine rings is 1. The quantitative estimate of drug-likeness (QED) is 0.910. The van der Waals surface area contributed by atoms with E-state index >= 15 is 0 Å². The number of halogens is 2. The predicted molar refractivity (Wildman–Crippen MR) is 77.3 cm³/mol. The molecule has 1 saturated heterocycles. The predicted octanol–water partition coefficient (Wildman–Crippen LogP) is 3.32. The number of amides is 1. The Bertz CT molecular complexity index is 547. The molecule has 0 aliphatic carbocycles. The summed E-state index contributed by atoms with van der Waals surface area (Å²) in [7, 11) is 0. The molecule has 1 aromatic rings. The summed E-state index contributed by atoms with van der Waals surface area (Å²) >= 11 is 12.0. The minimum atomic E-state index is -0.868. The van der Waals surface area contributed by atoms with Gasteiger partial charge in [-0.05, 0) is 31.9 Å². The van der Waals surface area contributed by atoms with Gasteiger partial charge in [-0.1, -0.05) is 29.3 Å². The summed E-state index contributed by atoms with van der Waals surface area (Å²) in [5.41, 5.74) is 0.317. The first-order valence-corrected chi connectivity index (χ1v) is 7.17. The molecular formula is C14H15Cl2NO3. The molecule has 1 aromatic carbocycles. The molecule has 0 bridgehead atoms. The average Bonchev–Trinajstić information content (AvgIpc) is 2.41. The van der Waals surface area contributed by atoms with E-state index in [1.807, 2.05) is 0 Å². The first-order chi connectivity index (χ1) is 9.43. The topological polar surface area (TPSA) is 57.6 Å². The van der Waals surface area contributed by atoms with Gasteiger partial charge < -0.3 is 10.0 Å². The van der Waals surface area contributed by atoms with Crippen LogP contribution in [0.3, 0.4) is 0 Å². The summed E-state index contributed by atoms with van der Waals surface area (Å²) < 4.78 is 0. The number of likely N-dealkylation sites (tertiary alicyclic amines) is 1. The lowest BCUT2D eigenvalue weighted by Crippen LogP contribution is -2.49. The van der Waals surface area contributed by atoms with Crippen molar-refractivity contribution in [2.45, 2.75) is 25.8 Å². The molecule has 1 N–H and O–H groups in total. The van der Waals surface area contributed by atoms with E-state index in [2.05, 4.69) is 0 Å². The number of hydrogen-bond acceptors (Lipinski definition) is 2. The Morgan fingerprint density at radius 2 is 2.05 bits per heavy atom. The number of rotatable bonds is 2. The monoisotopic (exact) mass is 315 g/mol. The molecule has 4 nitrogen and oxygen atoms in total. The van der Waals surface area contributed by atoms with Gasteiger partial charge in [0.1, 0.15) is 0 Å². The van der Waals surface area contributed by atoms with Crippen LogP contribution in [0.2, 0.25) is 10.0 Å². The van der Waals surface area contributed by atoms with Crippen molar-refractivity contribution in [1.29, 1.82) is 0 Å². The Morgan fingerprint density at radius 1 is 1.35 bits per heavy atom. The maximum absolute atomic E-state index is 12.5. The summed E-state index contributed by atoms with van der Waals surface area (Å²) in [6, 6.07) is 4.52. The van der Waals surface area contributed by atoms with Gasteiger partial charge in [0, 0.05) is 12.6 Å². The Kier molecular flexibility index (Phi) is 4.55. The van der Waals surface area contributed by atoms with E-state index in [1.165, 1.54) is 0 Å². The minimum absolute atomic E-state index is 0.212. The van der Waals surface area contributed by atoms with Gasteiger partial charge in [-0.3, -0.25) is 9.59 Å². The number of aliphatic carboxylic acids is 1. The SMILES string of the molecule is C[C@@H]1[C@H](C(=O)O)CCCN1C(=O)c1cccc(Cl)c1Cl. The largest absolute Gasteiger partial charge is 0.481 e. The van der Waals surface area contributed by atoms with Crippen molar-refractivity contribution in [3.63, 3.8) is 0 Å². The van der Waals surface area contributed by atoms with Crippen LogP contribution >= 0.6 is 23.2 Å². The van der Waals surface area contributed by atoms with Crippen molar-refractivity contribution in [1.82, 2.24) is 4.90 Å². The van der Waals surface area contributed by atoms with Gasteiger partial charge in [0.2, 0.25) is 0 Å². The lowest BCUT2D eigenvalue weighted by molar-refractivity contribution is -0.144. The zero-order valence-corrected chi connectivity index (χ0v) is 12.5. The fourth-order valence-electron chi connectivity index (χ4n) is 2.58. The van der Waals surface area contributed by atoms with Crippen molar-refractivity contribution in [3.8, 4) is 0 Å². The van der Waals surface area contributed by atoms with Gasteiger partial charge in [-0.2, -0.15) is 0 Å². The van der Waals surface area contributed by atoms with Crippen molar-refractivity contribution < 1.29 is 14.7 Å². The second-order valence-electron chi connectivity index (χ2n) is 4.93. The fourth-order valence-corrected chi connectivity index (χ4v) is 2.96. The highest BCUT2D eigenvalue weighted by atomic mass is 35.5. The number of benzene rings is 1. The molecule has 2 atom stereocenters. The van der Waals surface area contributed by atoms with Crippen LogP contribution in [-0.2, 0) is 4.79 Å². The summed E-state index contributed by atoms with van der Waals surface area (Å²) in [5, 5.41) is 9.72. The highest BCUT2D eigenvalue weighted by Gasteiger charge is 2.36. The third kappa shape index (κ3) is 2.76. The van der Waals surface area contributed by atoms with Crippen molar-refractivity contribution in [2.75, 3.05) is 6.54 Å². The molecular weight excluding hydrogens is 301 g/mol. The van der Waals surface area contributed by atoms with Crippen LogP contribution in [0.1, 0.15) is 30.1 Å². The van der Waals surface area contributed by atoms with Crippen LogP contribution in [0.5, 0.6) is 0 Å². The molecule has 108 valence electrons. The van der Waals surface area contributed by atoms with E-state index < -0.39 is 11.9 Å². The van der Waals surface area contributed by atoms with Gasteiger partial charge in [-0.15, -0.1) is 0 Å². The second kappa shape index (κ2) is 6.02. The molecule has 1 fully saturated rings. The molecule has 0 spiro atoms. The number of nitrogens with zero attached hydrogens (tertiary/aromatic N) is 1. The minimum Gasteiger partial charge on any atom is -0.481 e. The van der Waals surface area contributed by atoms with E-state index in [1.54, 1.807) is 30.0 Å². The highest BCUT2D eigenvalue weighted by Crippen LogP contribution is 2.30. The van der Waals surface area contributed by atoms with E-state index in [9.17, 15) is 14.7 Å². The van der Waals surface area contributed by atoms with E-state index in [-0.39, 0.29) is 17.0 Å². The van der Waals surface area contributed by atoms with E-state index in [4.69, 9.17) is 23.2 Å². The summed E-state index contributed by atoms with van der Waals surface area (Å²) in [5.74, 6) is -1.67. The van der Waals surface area contributed by atoms with Crippen molar-refractivity contribution in [3.05, 3.63) is 33.8 Å². The zero-order chi connectivity index (χ0) is 14.9. The van der Waals surface area contributed by atoms with Crippen LogP contribution in [0.15, 0.2) is 18.2 Å². The Balaban J connectivity index is 2.28. The maximum atomic E-state index is 12.5. The zero-order valence-electron chi connectivity index (χ0n) is 11.0. The summed E-state index contributed by atoms with van der Waals surface area (Å²) in [6.45, 7) is 2.29. The molecule has 0 unspecified atom stereocenters. The number of carboxylic acids is 1. The van der Waals surface area contributed by atoms with Crippen molar-refractivity contribution in [2.24, 2.45) is 5.92 Å². The molecule has 1 aliphatic rings. The van der Waals surface area contributed by atoms with Crippen LogP contribution < -0.4 is 0 Å². The molecule has 2 rings (SSSR count). The number of carbonyl (C=O) groups is 2. The van der Waals surface area contributed by atoms with Gasteiger partial charge in [0.15, 0.2) is 0 Å². The summed E-state index contributed by atoms with van der Waals surface area (Å²) in [4.78, 5) is 25.3. The van der Waals surface area contributed by atoms with Gasteiger partial charge in [0.25, 0.3) is 5.91 Å². The van der Waals surface area contributed by atoms with Crippen LogP contribution in [0.4, 0.5) is 0 Å². The lowest BCUT2D eigenvalue weighted by atomic mass is 9.90. The maximum Gasteiger partial charge on any atom is 0.308 e. The lowest BCUT2D eigenvalue weighted by Gasteiger charge is -2.37. The molecule has 0 aromatic heterocycles. The Morgan fingerprint density at radius 3 is 2.70 bits per heavy atom. The van der Waals surface area contributed by atoms with Gasteiger partial charge in [0.05, 0.1) is 21.5 Å². The standard InChI is InChI=1S/C14H15Cl2NO3/c1-8-9(14(19)20)5-3-7-17(8)13(18)10-4-2-6-11(15)12(10)16/h2,4,6,8-9H,3,5,7H2,1H3,(H,19,20)/t8-,9-/m1/s1. The smallest absolute Gasteiger partial charge is 0.308 e. The Labute approximate surface area is 127 Å². The number of carboxylic acid groups (broad SMARTS) is 1. The van der Waals surface area contributed by atoms with E-state index in [0.717, 1.165) is 0 Å². The molecule has 1 heterocycles. The molecule has 0 radical (unpaired) electrons. The first-order valence-electron chi connectivity index (χ1n) is 6.41. The van der Waals surface area contributed by atoms with Crippen LogP contribution in [0, 0.1) is 5.92 Å². The third-order valence-corrected chi connectivity index (χ3v) is 4.57. The van der Waals surface area contributed by atoms with Crippen LogP contribution in [-0.4, -0.2) is 34.5 Å². The second-order valence-corrected chi connectivity index (χ2v) is 5.71. The molecule has 6 heteroatoms. The third-order valence-electron chi connectivity index (χ3n) is 3.75. The molecule has 20 heavy (non-hydrogen) atoms. The van der Waals surface area contributed by atoms with Gasteiger partial charge >= 0.3 is 5.97 Å². The normalized spacial score (nSPS) is 22.6. The Hall–Kier alpha value is -1.26. The van der Waals surface area contributed by atoms with E-state index in [0.29, 0.717) is 30.0 Å². The molecule has 1 amide bonds. The van der Waals surface area contributed by atoms with Crippen molar-refractivity contribution >= 4 is 35.1 Å². The first kappa shape index (κ1) is 15.1. The number of carbonyl (C=O) groups excluding carboxylic acids is 1. The molecule has 0 saturated carbocycles. The number of hydrogen-bond donors (Lipinski definition) is 1. The fraction of sp³-hybridized carbons (Fsp3) is 0.429. The van der Waals surface area contributed by atoms with Crippen LogP contribution in [0.25, 0.3) is 0 Å². The summed E-state index contributed by atoms with van der Waals surface area (Å²) in [6.07, 6.45) is 1.26.